The molecule has 0 heterocycles. The number of hydrogen-bond donors (Lipinski definition) is 0. The molecule has 0 saturated heterocycles. The largest absolute Gasteiger partial charge is 0.206 e. The lowest BCUT2D eigenvalue weighted by molar-refractivity contribution is 0.430. The van der Waals surface area contributed by atoms with Gasteiger partial charge in [0.05, 0.1) is 11.1 Å². The Morgan fingerprint density at radius 1 is 0.250 bits per heavy atom. The second-order valence-electron chi connectivity index (χ2n) is 7.07. The summed E-state index contributed by atoms with van der Waals surface area (Å²) in [5.74, 6) is -36.1. The fourth-order valence-corrected chi connectivity index (χ4v) is 3.60. The molecule has 0 nitrogen and oxygen atoms in total. The normalized spacial score (nSPS) is 11.6. The summed E-state index contributed by atoms with van der Waals surface area (Å²) in [6.45, 7) is 0. The summed E-state index contributed by atoms with van der Waals surface area (Å²) in [6.07, 6.45) is 0. The molecule has 0 aliphatic carbocycles. The standard InChI is InChI=1S/C22H2F14/c23-3-1-5(25)13(27)15(29)7(3)9-11-12(20(34)21(35)17(9)31)10(18(32)22(36)19(11)33)8-4(24)2-6(26)14(28)16(8)30/h1-2H. The average Bonchev–Trinajstić information content (AvgIpc) is 2.82. The van der Waals surface area contributed by atoms with E-state index in [-0.39, 0.29) is 0 Å². The molecule has 0 atom stereocenters. The molecule has 4 aromatic carbocycles. The maximum atomic E-state index is 14.8. The first-order valence-corrected chi connectivity index (χ1v) is 9.05. The van der Waals surface area contributed by atoms with E-state index in [1.165, 1.54) is 0 Å². The van der Waals surface area contributed by atoms with Gasteiger partial charge in [-0.3, -0.25) is 0 Å². The molecule has 14 heteroatoms. The van der Waals surface area contributed by atoms with Crippen molar-refractivity contribution in [3.8, 4) is 22.3 Å². The lowest BCUT2D eigenvalue weighted by Crippen LogP contribution is -2.10. The molecule has 4 aromatic rings. The lowest BCUT2D eigenvalue weighted by atomic mass is 9.89. The van der Waals surface area contributed by atoms with Gasteiger partial charge in [-0.05, 0) is 0 Å². The van der Waals surface area contributed by atoms with Gasteiger partial charge in [-0.15, -0.1) is 0 Å². The summed E-state index contributed by atoms with van der Waals surface area (Å²) in [7, 11) is 0. The summed E-state index contributed by atoms with van der Waals surface area (Å²) >= 11 is 0. The maximum absolute atomic E-state index is 14.8. The summed E-state index contributed by atoms with van der Waals surface area (Å²) in [6, 6.07) is -0.901. The molecular formula is C22H2F14. The first kappa shape index (κ1) is 25.3. The minimum atomic E-state index is -2.84. The fourth-order valence-electron chi connectivity index (χ4n) is 3.60. The van der Waals surface area contributed by atoms with E-state index in [2.05, 4.69) is 0 Å². The van der Waals surface area contributed by atoms with Crippen LogP contribution in [0.3, 0.4) is 0 Å². The SMILES string of the molecule is Fc1cc(F)c(-c2c(F)c(F)c(F)c3c(-c4c(F)cc(F)c(F)c4F)c(F)c(F)c(F)c23)c(F)c1F. The van der Waals surface area contributed by atoms with E-state index in [0.717, 1.165) is 0 Å². The highest BCUT2D eigenvalue weighted by molar-refractivity contribution is 6.06. The van der Waals surface area contributed by atoms with Crippen LogP contribution in [-0.2, 0) is 0 Å². The minimum absolute atomic E-state index is 0.451. The van der Waals surface area contributed by atoms with E-state index in [9.17, 15) is 61.5 Å². The molecule has 0 unspecified atom stereocenters. The molecule has 0 N–H and O–H groups in total. The van der Waals surface area contributed by atoms with Crippen LogP contribution >= 0.6 is 0 Å². The second-order valence-corrected chi connectivity index (χ2v) is 7.07. The van der Waals surface area contributed by atoms with Crippen LogP contribution in [0.1, 0.15) is 0 Å². The van der Waals surface area contributed by atoms with Crippen molar-refractivity contribution in [3.05, 3.63) is 93.6 Å². The molecule has 0 aliphatic rings. The third-order valence-electron chi connectivity index (χ3n) is 5.13. The van der Waals surface area contributed by atoms with Crippen molar-refractivity contribution in [2.45, 2.75) is 0 Å². The quantitative estimate of drug-likeness (QED) is 0.139. The molecule has 0 aliphatic heterocycles. The Morgan fingerprint density at radius 2 is 0.528 bits per heavy atom. The molecule has 0 radical (unpaired) electrons. The van der Waals surface area contributed by atoms with Gasteiger partial charge in [0.2, 0.25) is 0 Å². The topological polar surface area (TPSA) is 0 Å². The van der Waals surface area contributed by atoms with Crippen molar-refractivity contribution >= 4 is 10.8 Å². The molecule has 0 spiro atoms. The zero-order valence-corrected chi connectivity index (χ0v) is 16.4. The molecule has 36 heavy (non-hydrogen) atoms. The molecule has 4 rings (SSSR count). The van der Waals surface area contributed by atoms with Crippen molar-refractivity contribution in [1.29, 1.82) is 0 Å². The summed E-state index contributed by atoms with van der Waals surface area (Å²) < 4.78 is 199. The summed E-state index contributed by atoms with van der Waals surface area (Å²) in [4.78, 5) is 0. The molecular weight excluding hydrogens is 530 g/mol. The van der Waals surface area contributed by atoms with E-state index in [1.807, 2.05) is 0 Å². The first-order chi connectivity index (χ1) is 16.7. The Bertz CT molecular complexity index is 1500. The zero-order valence-electron chi connectivity index (χ0n) is 16.4. The van der Waals surface area contributed by atoms with Crippen LogP contribution in [0.15, 0.2) is 12.1 Å². The van der Waals surface area contributed by atoms with Gasteiger partial charge in [0.15, 0.2) is 69.8 Å². The molecule has 0 bridgehead atoms. The van der Waals surface area contributed by atoms with Crippen LogP contribution in [0, 0.1) is 81.4 Å². The Balaban J connectivity index is 2.38. The third kappa shape index (κ3) is 3.30. The van der Waals surface area contributed by atoms with Crippen molar-refractivity contribution < 1.29 is 61.5 Å². The molecule has 188 valence electrons. The molecule has 0 fully saturated rings. The average molecular weight is 532 g/mol. The van der Waals surface area contributed by atoms with Crippen molar-refractivity contribution in [3.63, 3.8) is 0 Å². The monoisotopic (exact) mass is 532 g/mol. The van der Waals surface area contributed by atoms with Crippen LogP contribution in [0.25, 0.3) is 33.0 Å². The summed E-state index contributed by atoms with van der Waals surface area (Å²) in [5, 5.41) is -4.29. The van der Waals surface area contributed by atoms with Gasteiger partial charge in [0.1, 0.15) is 11.6 Å². The van der Waals surface area contributed by atoms with Gasteiger partial charge in [-0.25, -0.2) is 61.5 Å². The van der Waals surface area contributed by atoms with E-state index < -0.39 is 127 Å². The van der Waals surface area contributed by atoms with E-state index in [1.54, 1.807) is 0 Å². The zero-order chi connectivity index (χ0) is 27.0. The van der Waals surface area contributed by atoms with Crippen molar-refractivity contribution in [2.75, 3.05) is 0 Å². The highest BCUT2D eigenvalue weighted by atomic mass is 19.2. The Morgan fingerprint density at radius 3 is 0.833 bits per heavy atom. The van der Waals surface area contributed by atoms with Gasteiger partial charge in [-0.2, -0.15) is 0 Å². The Kier molecular flexibility index (Phi) is 5.88. The number of hydrogen-bond acceptors (Lipinski definition) is 0. The first-order valence-electron chi connectivity index (χ1n) is 9.05. The molecule has 0 amide bonds. The van der Waals surface area contributed by atoms with Gasteiger partial charge < -0.3 is 0 Å². The third-order valence-corrected chi connectivity index (χ3v) is 5.13. The van der Waals surface area contributed by atoms with Crippen LogP contribution in [0.5, 0.6) is 0 Å². The van der Waals surface area contributed by atoms with Crippen LogP contribution in [0.4, 0.5) is 61.5 Å². The fraction of sp³-hybridized carbons (Fsp3) is 0. The summed E-state index contributed by atoms with van der Waals surface area (Å²) in [5.41, 5.74) is -8.70. The maximum Gasteiger partial charge on any atom is 0.195 e. The molecule has 0 saturated carbocycles. The van der Waals surface area contributed by atoms with E-state index >= 15 is 0 Å². The van der Waals surface area contributed by atoms with E-state index in [0.29, 0.717) is 0 Å². The van der Waals surface area contributed by atoms with E-state index in [4.69, 9.17) is 0 Å². The predicted molar refractivity (Wildman–Crippen MR) is 94.2 cm³/mol. The van der Waals surface area contributed by atoms with Gasteiger partial charge in [-0.1, -0.05) is 0 Å². The van der Waals surface area contributed by atoms with Crippen molar-refractivity contribution in [1.82, 2.24) is 0 Å². The Hall–Kier alpha value is -3.84. The second kappa shape index (κ2) is 8.38. The highest BCUT2D eigenvalue weighted by Gasteiger charge is 2.36. The minimum Gasteiger partial charge on any atom is -0.206 e. The Labute approximate surface area is 189 Å². The predicted octanol–water partition coefficient (Wildman–Crippen LogP) is 8.12. The van der Waals surface area contributed by atoms with Crippen molar-refractivity contribution in [2.24, 2.45) is 0 Å². The van der Waals surface area contributed by atoms with Crippen LogP contribution < -0.4 is 0 Å². The highest BCUT2D eigenvalue weighted by Crippen LogP contribution is 2.46. The van der Waals surface area contributed by atoms with Crippen LogP contribution in [-0.4, -0.2) is 0 Å². The van der Waals surface area contributed by atoms with Crippen LogP contribution in [0.2, 0.25) is 0 Å². The molecule has 0 aromatic heterocycles. The number of fused-ring (bicyclic) bond motifs is 1. The number of benzene rings is 4. The smallest absolute Gasteiger partial charge is 0.195 e. The van der Waals surface area contributed by atoms with Gasteiger partial charge in [0.25, 0.3) is 0 Å². The van der Waals surface area contributed by atoms with Gasteiger partial charge in [0, 0.05) is 34.0 Å². The van der Waals surface area contributed by atoms with Gasteiger partial charge >= 0.3 is 0 Å². The lowest BCUT2D eigenvalue weighted by Gasteiger charge is -2.18. The number of halogens is 14. The number of rotatable bonds is 2.